The summed E-state index contributed by atoms with van der Waals surface area (Å²) in [6.45, 7) is -1.28. The number of hydrogen-bond acceptors (Lipinski definition) is 7. The second-order valence-corrected chi connectivity index (χ2v) is 2.25. The Bertz CT molecular complexity index is 172. The Balaban J connectivity index is 0. The SMILES string of the molecule is O=C(O)OCCOC(=O)O.OCC(O)CO. The fraction of sp³-hybridized carbons (Fsp3) is 0.714. The average molecular weight is 242 g/mol. The van der Waals surface area contributed by atoms with E-state index in [-0.39, 0.29) is 26.4 Å². The van der Waals surface area contributed by atoms with Crippen LogP contribution >= 0.6 is 0 Å². The number of carbonyl (C=O) groups is 2. The molecule has 0 atom stereocenters. The first-order valence-electron chi connectivity index (χ1n) is 4.05. The minimum atomic E-state index is -1.45. The van der Waals surface area contributed by atoms with E-state index in [2.05, 4.69) is 9.47 Å². The second kappa shape index (κ2) is 11.5. The zero-order chi connectivity index (χ0) is 13.0. The number of rotatable bonds is 5. The molecular formula is C7H14O9. The highest BCUT2D eigenvalue weighted by atomic mass is 16.7. The van der Waals surface area contributed by atoms with Crippen LogP contribution in [0.1, 0.15) is 0 Å². The van der Waals surface area contributed by atoms with Gasteiger partial charge in [0, 0.05) is 0 Å². The molecular weight excluding hydrogens is 228 g/mol. The number of carboxylic acid groups (broad SMARTS) is 2. The van der Waals surface area contributed by atoms with Crippen molar-refractivity contribution in [2.45, 2.75) is 6.10 Å². The van der Waals surface area contributed by atoms with Gasteiger partial charge < -0.3 is 35.0 Å². The lowest BCUT2D eigenvalue weighted by molar-refractivity contribution is 0.0450. The molecule has 0 rings (SSSR count). The van der Waals surface area contributed by atoms with E-state index in [0.29, 0.717) is 0 Å². The van der Waals surface area contributed by atoms with Crippen LogP contribution in [0, 0.1) is 0 Å². The molecule has 0 fully saturated rings. The molecule has 0 aromatic rings. The third-order valence-electron chi connectivity index (χ3n) is 0.956. The lowest BCUT2D eigenvalue weighted by atomic mass is 10.4. The highest BCUT2D eigenvalue weighted by Gasteiger charge is 1.98. The summed E-state index contributed by atoms with van der Waals surface area (Å²) in [5.41, 5.74) is 0. The molecule has 0 heterocycles. The molecule has 0 aliphatic rings. The molecule has 0 aromatic carbocycles. The van der Waals surface area contributed by atoms with Crippen molar-refractivity contribution >= 4 is 12.3 Å². The van der Waals surface area contributed by atoms with Gasteiger partial charge in [0.15, 0.2) is 0 Å². The van der Waals surface area contributed by atoms with Crippen LogP contribution in [0.25, 0.3) is 0 Å². The van der Waals surface area contributed by atoms with Gasteiger partial charge in [-0.05, 0) is 0 Å². The maximum atomic E-state index is 9.62. The highest BCUT2D eigenvalue weighted by Crippen LogP contribution is 1.79. The first kappa shape index (κ1) is 16.8. The van der Waals surface area contributed by atoms with E-state index in [0.717, 1.165) is 0 Å². The largest absolute Gasteiger partial charge is 0.505 e. The van der Waals surface area contributed by atoms with E-state index in [4.69, 9.17) is 25.5 Å². The number of aliphatic hydroxyl groups is 3. The monoisotopic (exact) mass is 242 g/mol. The molecule has 0 saturated heterocycles. The number of hydrogen-bond donors (Lipinski definition) is 5. The van der Waals surface area contributed by atoms with Crippen molar-refractivity contribution < 1.29 is 44.6 Å². The smallest absolute Gasteiger partial charge is 0.450 e. The van der Waals surface area contributed by atoms with Gasteiger partial charge in [-0.3, -0.25) is 0 Å². The maximum Gasteiger partial charge on any atom is 0.505 e. The van der Waals surface area contributed by atoms with E-state index in [1.807, 2.05) is 0 Å². The summed E-state index contributed by atoms with van der Waals surface area (Å²) < 4.78 is 7.84. The average Bonchev–Trinajstić information content (AvgIpc) is 2.23. The van der Waals surface area contributed by atoms with Gasteiger partial charge >= 0.3 is 12.3 Å². The van der Waals surface area contributed by atoms with Crippen molar-refractivity contribution in [3.05, 3.63) is 0 Å². The minimum Gasteiger partial charge on any atom is -0.450 e. The van der Waals surface area contributed by atoms with E-state index in [9.17, 15) is 9.59 Å². The van der Waals surface area contributed by atoms with Crippen LogP contribution in [-0.2, 0) is 9.47 Å². The molecule has 16 heavy (non-hydrogen) atoms. The minimum absolute atomic E-state index is 0.276. The Morgan fingerprint density at radius 1 is 0.938 bits per heavy atom. The second-order valence-electron chi connectivity index (χ2n) is 2.25. The predicted octanol–water partition coefficient (Wildman–Crippen LogP) is -1.29. The van der Waals surface area contributed by atoms with E-state index in [1.54, 1.807) is 0 Å². The van der Waals surface area contributed by atoms with Crippen LogP contribution in [-0.4, -0.2) is 70.4 Å². The lowest BCUT2D eigenvalue weighted by Gasteiger charge is -1.98. The Hall–Kier alpha value is -1.58. The third kappa shape index (κ3) is 18.3. The van der Waals surface area contributed by atoms with Gasteiger partial charge in [-0.25, -0.2) is 9.59 Å². The zero-order valence-corrected chi connectivity index (χ0v) is 8.27. The van der Waals surface area contributed by atoms with Gasteiger partial charge in [-0.2, -0.15) is 0 Å². The molecule has 0 radical (unpaired) electrons. The summed E-state index contributed by atoms with van der Waals surface area (Å²) in [7, 11) is 0. The quantitative estimate of drug-likeness (QED) is 0.292. The molecule has 0 aromatic heterocycles. The van der Waals surface area contributed by atoms with Crippen molar-refractivity contribution in [2.24, 2.45) is 0 Å². The number of ether oxygens (including phenoxy) is 2. The van der Waals surface area contributed by atoms with Crippen molar-refractivity contribution in [3.8, 4) is 0 Å². The molecule has 0 aliphatic carbocycles. The van der Waals surface area contributed by atoms with Crippen LogP contribution in [0.15, 0.2) is 0 Å². The normalized spacial score (nSPS) is 9.00. The van der Waals surface area contributed by atoms with Crippen LogP contribution in [0.4, 0.5) is 9.59 Å². The molecule has 0 unspecified atom stereocenters. The van der Waals surface area contributed by atoms with Crippen molar-refractivity contribution in [3.63, 3.8) is 0 Å². The first-order chi connectivity index (χ1) is 7.43. The Morgan fingerprint density at radius 3 is 1.38 bits per heavy atom. The first-order valence-corrected chi connectivity index (χ1v) is 4.05. The fourth-order valence-corrected chi connectivity index (χ4v) is 0.316. The molecule has 0 spiro atoms. The lowest BCUT2D eigenvalue weighted by Crippen LogP contribution is -2.15. The number of aliphatic hydroxyl groups excluding tert-OH is 3. The van der Waals surface area contributed by atoms with Crippen molar-refractivity contribution in [2.75, 3.05) is 26.4 Å². The predicted molar refractivity (Wildman–Crippen MR) is 48.1 cm³/mol. The Morgan fingerprint density at radius 2 is 1.25 bits per heavy atom. The summed E-state index contributed by atoms with van der Waals surface area (Å²) in [6, 6.07) is 0. The van der Waals surface area contributed by atoms with E-state index in [1.165, 1.54) is 0 Å². The van der Waals surface area contributed by atoms with Crippen LogP contribution in [0.2, 0.25) is 0 Å². The van der Waals surface area contributed by atoms with E-state index < -0.39 is 18.4 Å². The molecule has 5 N–H and O–H groups in total. The Kier molecular flexibility index (Phi) is 12.1. The van der Waals surface area contributed by atoms with Gasteiger partial charge in [0.25, 0.3) is 0 Å². The summed E-state index contributed by atoms with van der Waals surface area (Å²) in [4.78, 5) is 19.2. The van der Waals surface area contributed by atoms with Gasteiger partial charge in [-0.1, -0.05) is 0 Å². The Labute approximate surface area is 90.5 Å². The molecule has 0 aliphatic heterocycles. The van der Waals surface area contributed by atoms with Crippen LogP contribution < -0.4 is 0 Å². The third-order valence-corrected chi connectivity index (χ3v) is 0.956. The summed E-state index contributed by atoms with van der Waals surface area (Å²) in [5, 5.41) is 39.7. The van der Waals surface area contributed by atoms with Crippen LogP contribution in [0.3, 0.4) is 0 Å². The summed E-state index contributed by atoms with van der Waals surface area (Å²) in [6.07, 6.45) is -3.85. The van der Waals surface area contributed by atoms with Gasteiger partial charge in [0.05, 0.1) is 13.2 Å². The van der Waals surface area contributed by atoms with Crippen molar-refractivity contribution in [1.29, 1.82) is 0 Å². The van der Waals surface area contributed by atoms with Crippen molar-refractivity contribution in [1.82, 2.24) is 0 Å². The summed E-state index contributed by atoms with van der Waals surface area (Å²) >= 11 is 0. The van der Waals surface area contributed by atoms with E-state index >= 15 is 0 Å². The maximum absolute atomic E-state index is 9.62. The van der Waals surface area contributed by atoms with Crippen LogP contribution in [0.5, 0.6) is 0 Å². The fourth-order valence-electron chi connectivity index (χ4n) is 0.316. The molecule has 9 heteroatoms. The van der Waals surface area contributed by atoms with Gasteiger partial charge in [-0.15, -0.1) is 0 Å². The molecule has 0 bridgehead atoms. The summed E-state index contributed by atoms with van der Waals surface area (Å²) in [5.74, 6) is 0. The van der Waals surface area contributed by atoms with Gasteiger partial charge in [0.1, 0.15) is 19.3 Å². The standard InChI is InChI=1S/C4H6O6.C3H8O3/c5-3(6)9-1-2-10-4(7)8;4-1-3(6)2-5/h1-2H2,(H,5,6)(H,7,8);3-6H,1-2H2. The molecule has 96 valence electrons. The zero-order valence-electron chi connectivity index (χ0n) is 8.27. The molecule has 0 saturated carbocycles. The highest BCUT2D eigenvalue weighted by molar-refractivity contribution is 5.57. The molecule has 0 amide bonds. The van der Waals surface area contributed by atoms with Gasteiger partial charge in [0.2, 0.25) is 0 Å². The topological polar surface area (TPSA) is 154 Å². The molecule has 9 nitrogen and oxygen atoms in total.